The van der Waals surface area contributed by atoms with Crippen molar-refractivity contribution in [1.29, 1.82) is 0 Å². The number of carbonyl (C=O) groups excluding carboxylic acids is 1. The minimum atomic E-state index is -0.109. The summed E-state index contributed by atoms with van der Waals surface area (Å²) in [5.41, 5.74) is 6.17. The van der Waals surface area contributed by atoms with Gasteiger partial charge in [-0.3, -0.25) is 4.79 Å². The molecule has 0 bridgehead atoms. The Bertz CT molecular complexity index is 733. The Kier molecular flexibility index (Phi) is 4.91. The van der Waals surface area contributed by atoms with Crippen molar-refractivity contribution in [3.63, 3.8) is 0 Å². The summed E-state index contributed by atoms with van der Waals surface area (Å²) in [6.45, 7) is 4.27. The Morgan fingerprint density at radius 2 is 2.26 bits per heavy atom. The van der Waals surface area contributed by atoms with E-state index in [4.69, 9.17) is 0 Å². The van der Waals surface area contributed by atoms with E-state index < -0.39 is 0 Å². The first-order chi connectivity index (χ1) is 11.2. The molecule has 3 rings (SSSR count). The maximum atomic E-state index is 12.3. The maximum Gasteiger partial charge on any atom is 0.281 e. The van der Waals surface area contributed by atoms with Crippen molar-refractivity contribution in [2.45, 2.75) is 39.5 Å². The Balaban J connectivity index is 1.65. The van der Waals surface area contributed by atoms with Crippen molar-refractivity contribution in [1.82, 2.24) is 5.43 Å². The van der Waals surface area contributed by atoms with E-state index in [1.165, 1.54) is 23.3 Å². The molecule has 2 aromatic rings. The van der Waals surface area contributed by atoms with Gasteiger partial charge in [0.15, 0.2) is 0 Å². The second-order valence-electron chi connectivity index (χ2n) is 6.13. The molecule has 0 aliphatic heterocycles. The molecule has 1 aliphatic carbocycles. The second-order valence-corrected chi connectivity index (χ2v) is 7.27. The summed E-state index contributed by atoms with van der Waals surface area (Å²) >= 11 is 1.62. The lowest BCUT2D eigenvalue weighted by Crippen LogP contribution is -2.16. The standard InChI is InChI=1S/C19H22N2OS/c1-3-14-8-9-17-16(10-14)11-18(23-17)19(22)21-20-12-15-7-5-4-6-13(15)2/h4-7,11-12,14H,3,8-10H2,1-2H3,(H,21,22)/b20-12-/t14-/m0/s1. The van der Waals surface area contributed by atoms with Crippen LogP contribution >= 0.6 is 11.3 Å². The molecule has 0 radical (unpaired) electrons. The first kappa shape index (κ1) is 15.9. The van der Waals surface area contributed by atoms with Gasteiger partial charge in [0.25, 0.3) is 5.91 Å². The fourth-order valence-corrected chi connectivity index (χ4v) is 4.10. The number of aryl methyl sites for hydroxylation is 2. The predicted molar refractivity (Wildman–Crippen MR) is 96.4 cm³/mol. The number of amides is 1. The van der Waals surface area contributed by atoms with Crippen LogP contribution in [0.25, 0.3) is 0 Å². The average molecular weight is 326 g/mol. The number of nitrogens with one attached hydrogen (secondary N) is 1. The zero-order valence-corrected chi connectivity index (χ0v) is 14.5. The Hall–Kier alpha value is -1.94. The molecule has 1 aliphatic rings. The van der Waals surface area contributed by atoms with Crippen molar-refractivity contribution < 1.29 is 4.79 Å². The summed E-state index contributed by atoms with van der Waals surface area (Å²) in [6.07, 6.45) is 6.39. The summed E-state index contributed by atoms with van der Waals surface area (Å²) < 4.78 is 0. The Morgan fingerprint density at radius 1 is 1.43 bits per heavy atom. The molecule has 1 aromatic carbocycles. The van der Waals surface area contributed by atoms with Crippen LogP contribution in [-0.2, 0) is 12.8 Å². The largest absolute Gasteiger partial charge is 0.281 e. The van der Waals surface area contributed by atoms with E-state index in [1.807, 2.05) is 31.2 Å². The molecular formula is C19H22N2OS. The fourth-order valence-electron chi connectivity index (χ4n) is 3.01. The quantitative estimate of drug-likeness (QED) is 0.659. The number of benzene rings is 1. The van der Waals surface area contributed by atoms with Crippen LogP contribution in [0.15, 0.2) is 35.4 Å². The van der Waals surface area contributed by atoms with Gasteiger partial charge < -0.3 is 0 Å². The number of fused-ring (bicyclic) bond motifs is 1. The minimum absolute atomic E-state index is 0.109. The molecule has 3 nitrogen and oxygen atoms in total. The molecule has 1 amide bonds. The molecule has 0 fully saturated rings. The third-order valence-electron chi connectivity index (χ3n) is 4.54. The van der Waals surface area contributed by atoms with Crippen molar-refractivity contribution in [3.05, 3.63) is 56.8 Å². The van der Waals surface area contributed by atoms with E-state index in [-0.39, 0.29) is 5.91 Å². The van der Waals surface area contributed by atoms with Crippen LogP contribution in [0.2, 0.25) is 0 Å². The van der Waals surface area contributed by atoms with Gasteiger partial charge in [-0.15, -0.1) is 11.3 Å². The summed E-state index contributed by atoms with van der Waals surface area (Å²) in [7, 11) is 0. The number of hydrogen-bond acceptors (Lipinski definition) is 3. The van der Waals surface area contributed by atoms with E-state index in [9.17, 15) is 4.79 Å². The van der Waals surface area contributed by atoms with Crippen molar-refractivity contribution in [2.75, 3.05) is 0 Å². The van der Waals surface area contributed by atoms with E-state index in [2.05, 4.69) is 23.5 Å². The normalized spacial score (nSPS) is 17.2. The van der Waals surface area contributed by atoms with Gasteiger partial charge in [0.1, 0.15) is 0 Å². The second kappa shape index (κ2) is 7.09. The van der Waals surface area contributed by atoms with Crippen LogP contribution in [0.3, 0.4) is 0 Å². The zero-order valence-electron chi connectivity index (χ0n) is 13.6. The first-order valence-electron chi connectivity index (χ1n) is 8.18. The van der Waals surface area contributed by atoms with Gasteiger partial charge in [-0.1, -0.05) is 37.6 Å². The number of carbonyl (C=O) groups is 1. The molecule has 1 aromatic heterocycles. The van der Waals surface area contributed by atoms with E-state index >= 15 is 0 Å². The summed E-state index contributed by atoms with van der Waals surface area (Å²) in [6, 6.07) is 10.0. The van der Waals surface area contributed by atoms with Gasteiger partial charge in [-0.25, -0.2) is 5.43 Å². The molecular weight excluding hydrogens is 304 g/mol. The number of nitrogens with zero attached hydrogens (tertiary/aromatic N) is 1. The van der Waals surface area contributed by atoms with Gasteiger partial charge in [-0.05, 0) is 54.9 Å². The summed E-state index contributed by atoms with van der Waals surface area (Å²) in [4.78, 5) is 14.4. The van der Waals surface area contributed by atoms with Crippen LogP contribution < -0.4 is 5.43 Å². The highest BCUT2D eigenvalue weighted by Crippen LogP contribution is 2.33. The number of rotatable bonds is 4. The molecule has 1 N–H and O–H groups in total. The van der Waals surface area contributed by atoms with Crippen LogP contribution in [0, 0.1) is 12.8 Å². The van der Waals surface area contributed by atoms with Crippen LogP contribution in [0.4, 0.5) is 0 Å². The van der Waals surface area contributed by atoms with Crippen LogP contribution in [-0.4, -0.2) is 12.1 Å². The maximum absolute atomic E-state index is 12.3. The Morgan fingerprint density at radius 3 is 3.04 bits per heavy atom. The minimum Gasteiger partial charge on any atom is -0.266 e. The molecule has 120 valence electrons. The highest BCUT2D eigenvalue weighted by Gasteiger charge is 2.21. The number of thiophene rings is 1. The average Bonchev–Trinajstić information content (AvgIpc) is 2.99. The van der Waals surface area contributed by atoms with Crippen molar-refractivity contribution in [2.24, 2.45) is 11.0 Å². The third-order valence-corrected chi connectivity index (χ3v) is 5.78. The van der Waals surface area contributed by atoms with Gasteiger partial charge in [0.2, 0.25) is 0 Å². The van der Waals surface area contributed by atoms with Crippen LogP contribution in [0.1, 0.15) is 51.0 Å². The van der Waals surface area contributed by atoms with E-state index in [0.29, 0.717) is 0 Å². The highest BCUT2D eigenvalue weighted by molar-refractivity contribution is 7.14. The monoisotopic (exact) mass is 326 g/mol. The predicted octanol–water partition coefficient (Wildman–Crippen LogP) is 4.34. The summed E-state index contributed by atoms with van der Waals surface area (Å²) in [5.74, 6) is 0.661. The fraction of sp³-hybridized carbons (Fsp3) is 0.368. The topological polar surface area (TPSA) is 41.5 Å². The van der Waals surface area contributed by atoms with Gasteiger partial charge in [0.05, 0.1) is 11.1 Å². The highest BCUT2D eigenvalue weighted by atomic mass is 32.1. The number of hydrazone groups is 1. The lowest BCUT2D eigenvalue weighted by molar-refractivity contribution is 0.0959. The van der Waals surface area contributed by atoms with Gasteiger partial charge >= 0.3 is 0 Å². The smallest absolute Gasteiger partial charge is 0.266 e. The molecule has 4 heteroatoms. The molecule has 23 heavy (non-hydrogen) atoms. The SMILES string of the molecule is CC[C@H]1CCc2sc(C(=O)N/N=C\c3ccccc3C)cc2C1. The summed E-state index contributed by atoms with van der Waals surface area (Å²) in [5, 5.41) is 4.10. The zero-order chi connectivity index (χ0) is 16.2. The van der Waals surface area contributed by atoms with E-state index in [1.54, 1.807) is 17.6 Å². The third kappa shape index (κ3) is 3.70. The van der Waals surface area contributed by atoms with E-state index in [0.717, 1.165) is 34.8 Å². The molecule has 0 saturated carbocycles. The van der Waals surface area contributed by atoms with Crippen LogP contribution in [0.5, 0.6) is 0 Å². The lowest BCUT2D eigenvalue weighted by Gasteiger charge is -2.19. The van der Waals surface area contributed by atoms with Gasteiger partial charge in [-0.2, -0.15) is 5.10 Å². The molecule has 1 atom stereocenters. The molecule has 0 spiro atoms. The molecule has 1 heterocycles. The first-order valence-corrected chi connectivity index (χ1v) is 8.99. The Labute approximate surface area is 141 Å². The van der Waals surface area contributed by atoms with Crippen molar-refractivity contribution in [3.8, 4) is 0 Å². The lowest BCUT2D eigenvalue weighted by atomic mass is 9.87. The van der Waals surface area contributed by atoms with Gasteiger partial charge in [0, 0.05) is 4.88 Å². The number of hydrogen-bond donors (Lipinski definition) is 1. The molecule has 0 unspecified atom stereocenters. The van der Waals surface area contributed by atoms with Crippen molar-refractivity contribution >= 4 is 23.5 Å². The molecule has 0 saturated heterocycles.